The van der Waals surface area contributed by atoms with Crippen LogP contribution in [-0.2, 0) is 4.79 Å². The van der Waals surface area contributed by atoms with Gasteiger partial charge in [-0.1, -0.05) is 0 Å². The summed E-state index contributed by atoms with van der Waals surface area (Å²) in [6, 6.07) is 8.46. The molecule has 1 amide bonds. The maximum absolute atomic E-state index is 11.1. The lowest BCUT2D eigenvalue weighted by atomic mass is 10.3. The van der Waals surface area contributed by atoms with E-state index in [1.807, 2.05) is 0 Å². The number of aliphatic hydroxyl groups is 1. The topological polar surface area (TPSA) is 82.4 Å². The van der Waals surface area contributed by atoms with Gasteiger partial charge in [0, 0.05) is 5.69 Å². The summed E-state index contributed by atoms with van der Waals surface area (Å²) in [5, 5.41) is 19.4. The standard InChI is InChI=1S/C11H12N2O3/c12-6-5-11(15)13-9-1-3-10(4-2-9)16-8-7-14/h1-4,14H,5,7-8H2,(H,13,15). The van der Waals surface area contributed by atoms with E-state index in [-0.39, 0.29) is 25.5 Å². The molecule has 84 valence electrons. The number of carbonyl (C=O) groups is 1. The number of ether oxygens (including phenoxy) is 1. The second kappa shape index (κ2) is 6.43. The molecule has 0 aromatic heterocycles. The molecule has 5 nitrogen and oxygen atoms in total. The van der Waals surface area contributed by atoms with Crippen LogP contribution in [0, 0.1) is 11.3 Å². The fraction of sp³-hybridized carbons (Fsp3) is 0.273. The maximum atomic E-state index is 11.1. The Labute approximate surface area is 93.3 Å². The van der Waals surface area contributed by atoms with Crippen LogP contribution in [0.1, 0.15) is 6.42 Å². The number of carbonyl (C=O) groups excluding carboxylic acids is 1. The molecule has 2 N–H and O–H groups in total. The number of amides is 1. The fourth-order valence-electron chi connectivity index (χ4n) is 1.07. The summed E-state index contributed by atoms with van der Waals surface area (Å²) in [4.78, 5) is 11.1. The Kier molecular flexibility index (Phi) is 4.83. The molecule has 1 aromatic rings. The van der Waals surface area contributed by atoms with Gasteiger partial charge in [0.15, 0.2) is 0 Å². The van der Waals surface area contributed by atoms with Crippen LogP contribution < -0.4 is 10.1 Å². The molecule has 0 aliphatic heterocycles. The average Bonchev–Trinajstić information content (AvgIpc) is 2.28. The van der Waals surface area contributed by atoms with Gasteiger partial charge in [-0.15, -0.1) is 0 Å². The van der Waals surface area contributed by atoms with Crippen molar-refractivity contribution in [2.75, 3.05) is 18.5 Å². The smallest absolute Gasteiger partial charge is 0.238 e. The second-order valence-corrected chi connectivity index (χ2v) is 2.98. The van der Waals surface area contributed by atoms with Gasteiger partial charge in [0.1, 0.15) is 18.8 Å². The number of nitrogens with zero attached hydrogens (tertiary/aromatic N) is 1. The number of hydrogen-bond donors (Lipinski definition) is 2. The minimum Gasteiger partial charge on any atom is -0.491 e. The van der Waals surface area contributed by atoms with Crippen LogP contribution in [0.5, 0.6) is 5.75 Å². The molecule has 0 saturated carbocycles. The van der Waals surface area contributed by atoms with Crippen LogP contribution in [0.25, 0.3) is 0 Å². The molecule has 1 rings (SSSR count). The van der Waals surface area contributed by atoms with E-state index in [9.17, 15) is 4.79 Å². The van der Waals surface area contributed by atoms with Crippen molar-refractivity contribution < 1.29 is 14.6 Å². The van der Waals surface area contributed by atoms with Gasteiger partial charge in [0.2, 0.25) is 5.91 Å². The van der Waals surface area contributed by atoms with E-state index in [4.69, 9.17) is 15.1 Å². The number of anilines is 1. The Morgan fingerprint density at radius 1 is 1.44 bits per heavy atom. The number of hydrogen-bond acceptors (Lipinski definition) is 4. The Morgan fingerprint density at radius 3 is 2.69 bits per heavy atom. The van der Waals surface area contributed by atoms with E-state index >= 15 is 0 Å². The lowest BCUT2D eigenvalue weighted by Crippen LogP contribution is -2.10. The maximum Gasteiger partial charge on any atom is 0.238 e. The Balaban J connectivity index is 2.51. The molecule has 0 radical (unpaired) electrons. The highest BCUT2D eigenvalue weighted by molar-refractivity contribution is 5.92. The zero-order valence-electron chi connectivity index (χ0n) is 8.64. The van der Waals surface area contributed by atoms with Crippen molar-refractivity contribution in [1.29, 1.82) is 5.26 Å². The van der Waals surface area contributed by atoms with E-state index in [2.05, 4.69) is 5.32 Å². The highest BCUT2D eigenvalue weighted by atomic mass is 16.5. The summed E-state index contributed by atoms with van der Waals surface area (Å²) in [5.41, 5.74) is 0.608. The number of nitrogens with one attached hydrogen (secondary N) is 1. The largest absolute Gasteiger partial charge is 0.491 e. The Bertz CT molecular complexity index is 381. The molecule has 16 heavy (non-hydrogen) atoms. The fourth-order valence-corrected chi connectivity index (χ4v) is 1.07. The predicted molar refractivity (Wildman–Crippen MR) is 57.9 cm³/mol. The molecule has 0 aliphatic rings. The molecule has 0 saturated heterocycles. The van der Waals surface area contributed by atoms with Gasteiger partial charge >= 0.3 is 0 Å². The highest BCUT2D eigenvalue weighted by Crippen LogP contribution is 2.15. The Morgan fingerprint density at radius 2 is 2.12 bits per heavy atom. The third-order valence-electron chi connectivity index (χ3n) is 1.74. The van der Waals surface area contributed by atoms with Gasteiger partial charge in [0.25, 0.3) is 0 Å². The molecule has 0 spiro atoms. The van der Waals surface area contributed by atoms with E-state index in [0.29, 0.717) is 11.4 Å². The van der Waals surface area contributed by atoms with Gasteiger partial charge in [-0.25, -0.2) is 0 Å². The van der Waals surface area contributed by atoms with Crippen molar-refractivity contribution >= 4 is 11.6 Å². The summed E-state index contributed by atoms with van der Waals surface area (Å²) in [6.45, 7) is 0.195. The first kappa shape index (κ1) is 12.0. The van der Waals surface area contributed by atoms with Crippen LogP contribution in [0.4, 0.5) is 5.69 Å². The van der Waals surface area contributed by atoms with Crippen LogP contribution in [0.3, 0.4) is 0 Å². The van der Waals surface area contributed by atoms with E-state index < -0.39 is 0 Å². The number of nitriles is 1. The third-order valence-corrected chi connectivity index (χ3v) is 1.74. The van der Waals surface area contributed by atoms with Crippen LogP contribution in [0.15, 0.2) is 24.3 Å². The molecular formula is C11H12N2O3. The first-order valence-electron chi connectivity index (χ1n) is 4.77. The number of aliphatic hydroxyl groups excluding tert-OH is 1. The van der Waals surface area contributed by atoms with Crippen molar-refractivity contribution in [3.63, 3.8) is 0 Å². The van der Waals surface area contributed by atoms with E-state index in [1.54, 1.807) is 30.3 Å². The minimum absolute atomic E-state index is 0.0410. The summed E-state index contributed by atoms with van der Waals surface area (Å²) in [7, 11) is 0. The van der Waals surface area contributed by atoms with Gasteiger partial charge in [-0.3, -0.25) is 4.79 Å². The molecule has 0 atom stereocenters. The third kappa shape index (κ3) is 3.98. The summed E-state index contributed by atoms with van der Waals surface area (Å²) in [6.07, 6.45) is -0.164. The first-order valence-corrected chi connectivity index (χ1v) is 4.77. The minimum atomic E-state index is -0.341. The Hall–Kier alpha value is -2.06. The first-order chi connectivity index (χ1) is 7.76. The molecular weight excluding hydrogens is 208 g/mol. The van der Waals surface area contributed by atoms with Crippen molar-refractivity contribution in [3.8, 4) is 11.8 Å². The van der Waals surface area contributed by atoms with Gasteiger partial charge in [-0.2, -0.15) is 5.26 Å². The van der Waals surface area contributed by atoms with Crippen LogP contribution in [-0.4, -0.2) is 24.2 Å². The highest BCUT2D eigenvalue weighted by Gasteiger charge is 2.01. The zero-order valence-corrected chi connectivity index (χ0v) is 8.64. The molecule has 1 aromatic carbocycles. The number of rotatable bonds is 5. The van der Waals surface area contributed by atoms with Gasteiger partial charge < -0.3 is 15.2 Å². The predicted octanol–water partition coefficient (Wildman–Crippen LogP) is 0.910. The summed E-state index contributed by atoms with van der Waals surface area (Å²) >= 11 is 0. The summed E-state index contributed by atoms with van der Waals surface area (Å²) < 4.78 is 5.15. The lowest BCUT2D eigenvalue weighted by molar-refractivity contribution is -0.115. The molecule has 0 aliphatic carbocycles. The summed E-state index contributed by atoms with van der Waals surface area (Å²) in [5.74, 6) is 0.277. The molecule has 0 heterocycles. The molecule has 0 unspecified atom stereocenters. The quantitative estimate of drug-likeness (QED) is 0.772. The van der Waals surface area contributed by atoms with Crippen molar-refractivity contribution in [2.45, 2.75) is 6.42 Å². The van der Waals surface area contributed by atoms with Gasteiger partial charge in [0.05, 0.1) is 12.7 Å². The number of benzene rings is 1. The molecule has 0 fully saturated rings. The SMILES string of the molecule is N#CCC(=O)Nc1ccc(OCCO)cc1. The van der Waals surface area contributed by atoms with Crippen molar-refractivity contribution in [1.82, 2.24) is 0 Å². The van der Waals surface area contributed by atoms with Crippen molar-refractivity contribution in [2.24, 2.45) is 0 Å². The van der Waals surface area contributed by atoms with E-state index in [0.717, 1.165) is 0 Å². The van der Waals surface area contributed by atoms with E-state index in [1.165, 1.54) is 0 Å². The van der Waals surface area contributed by atoms with Crippen LogP contribution in [0.2, 0.25) is 0 Å². The van der Waals surface area contributed by atoms with Gasteiger partial charge in [-0.05, 0) is 24.3 Å². The average molecular weight is 220 g/mol. The van der Waals surface area contributed by atoms with Crippen molar-refractivity contribution in [3.05, 3.63) is 24.3 Å². The molecule has 0 bridgehead atoms. The lowest BCUT2D eigenvalue weighted by Gasteiger charge is -2.06. The monoisotopic (exact) mass is 220 g/mol. The molecule has 5 heteroatoms. The normalized spacial score (nSPS) is 9.25. The zero-order chi connectivity index (χ0) is 11.8. The second-order valence-electron chi connectivity index (χ2n) is 2.98. The van der Waals surface area contributed by atoms with Crippen LogP contribution >= 0.6 is 0 Å².